The number of hydrogen-bond acceptors (Lipinski definition) is 5. The van der Waals surface area contributed by atoms with Gasteiger partial charge >= 0.3 is 5.97 Å². The van der Waals surface area contributed by atoms with E-state index >= 15 is 0 Å². The summed E-state index contributed by atoms with van der Waals surface area (Å²) in [6.07, 6.45) is 75.7. The molecule has 0 saturated carbocycles. The summed E-state index contributed by atoms with van der Waals surface area (Å²) in [5, 5.41) is 23.2. The molecule has 1 amide bonds. The minimum Gasteiger partial charge on any atom is -0.466 e. The van der Waals surface area contributed by atoms with Crippen molar-refractivity contribution in [2.75, 3.05) is 13.2 Å². The number of esters is 1. The lowest BCUT2D eigenvalue weighted by Gasteiger charge is -2.20. The van der Waals surface area contributed by atoms with Crippen LogP contribution in [0.4, 0.5) is 0 Å². The molecule has 0 aliphatic rings. The Morgan fingerprint density at radius 3 is 1.16 bits per heavy atom. The minimum absolute atomic E-state index is 0.0193. The lowest BCUT2D eigenvalue weighted by Crippen LogP contribution is -2.45. The summed E-state index contributed by atoms with van der Waals surface area (Å²) >= 11 is 0. The number of rotatable bonds is 57. The van der Waals surface area contributed by atoms with Crippen LogP contribution in [0.3, 0.4) is 0 Å². The van der Waals surface area contributed by atoms with E-state index in [9.17, 15) is 19.8 Å². The average molecular weight is 983 g/mol. The van der Waals surface area contributed by atoms with E-state index in [0.717, 1.165) is 77.0 Å². The molecule has 0 aromatic rings. The highest BCUT2D eigenvalue weighted by Gasteiger charge is 2.18. The van der Waals surface area contributed by atoms with Crippen LogP contribution < -0.4 is 5.32 Å². The number of carbonyl (C=O) groups is 2. The number of hydrogen-bond donors (Lipinski definition) is 3. The fraction of sp³-hybridized carbons (Fsp3) is 0.844. The van der Waals surface area contributed by atoms with Gasteiger partial charge in [0, 0.05) is 12.8 Å². The quantitative estimate of drug-likeness (QED) is 0.0321. The summed E-state index contributed by atoms with van der Waals surface area (Å²) in [5.41, 5.74) is 0. The van der Waals surface area contributed by atoms with Gasteiger partial charge in [0.25, 0.3) is 0 Å². The Hall–Kier alpha value is -2.18. The van der Waals surface area contributed by atoms with E-state index in [4.69, 9.17) is 4.74 Å². The molecule has 0 aliphatic heterocycles. The maximum Gasteiger partial charge on any atom is 0.305 e. The van der Waals surface area contributed by atoms with Gasteiger partial charge in [0.1, 0.15) is 0 Å². The zero-order valence-corrected chi connectivity index (χ0v) is 46.7. The Morgan fingerprint density at radius 1 is 0.400 bits per heavy atom. The molecule has 0 saturated heterocycles. The molecule has 3 N–H and O–H groups in total. The first kappa shape index (κ1) is 67.8. The highest BCUT2D eigenvalue weighted by Crippen LogP contribution is 2.17. The van der Waals surface area contributed by atoms with Crippen molar-refractivity contribution in [2.45, 2.75) is 334 Å². The molecule has 2 unspecified atom stereocenters. The van der Waals surface area contributed by atoms with E-state index in [0.29, 0.717) is 19.4 Å². The van der Waals surface area contributed by atoms with Crippen molar-refractivity contribution in [2.24, 2.45) is 0 Å². The summed E-state index contributed by atoms with van der Waals surface area (Å²) in [6.45, 7) is 4.82. The minimum atomic E-state index is -0.858. The molecule has 70 heavy (non-hydrogen) atoms. The number of aliphatic hydroxyl groups excluding tert-OH is 2. The third-order valence-electron chi connectivity index (χ3n) is 14.0. The molecular weight excluding hydrogens is 863 g/mol. The molecule has 6 heteroatoms. The van der Waals surface area contributed by atoms with Crippen molar-refractivity contribution in [1.29, 1.82) is 0 Å². The Labute approximate surface area is 436 Å². The number of allylic oxidation sites excluding steroid dienone is 7. The molecule has 0 radical (unpaired) electrons. The second kappa shape index (κ2) is 59.4. The third-order valence-corrected chi connectivity index (χ3v) is 14.0. The number of amides is 1. The van der Waals surface area contributed by atoms with Crippen LogP contribution in [0, 0.1) is 0 Å². The Bertz CT molecular complexity index is 1180. The van der Waals surface area contributed by atoms with Crippen LogP contribution in [0.25, 0.3) is 0 Å². The smallest absolute Gasteiger partial charge is 0.305 e. The van der Waals surface area contributed by atoms with Gasteiger partial charge < -0.3 is 20.3 Å². The molecule has 6 nitrogen and oxygen atoms in total. The van der Waals surface area contributed by atoms with E-state index < -0.39 is 12.1 Å². The van der Waals surface area contributed by atoms with Crippen molar-refractivity contribution in [3.63, 3.8) is 0 Å². The van der Waals surface area contributed by atoms with E-state index in [-0.39, 0.29) is 18.5 Å². The van der Waals surface area contributed by atoms with E-state index in [2.05, 4.69) is 55.6 Å². The Morgan fingerprint density at radius 2 is 0.743 bits per heavy atom. The molecule has 0 bridgehead atoms. The lowest BCUT2D eigenvalue weighted by molar-refractivity contribution is -0.143. The standard InChI is InChI=1S/C64H119NO5/c1-3-5-7-9-11-13-15-17-18-19-20-21-22-23-24-25-26-29-33-36-40-44-48-52-56-62(67)61(60-66)65-63(68)57-53-49-45-41-37-34-30-27-28-31-35-39-43-47-51-55-59-70-64(69)58-54-50-46-42-38-32-16-14-12-10-8-6-4-2/h8,10,14,16,27,30,52,56,61-62,66-67H,3-7,9,11-13,15,17-26,28-29,31-51,53-55,57-60H2,1-2H3,(H,65,68)/b10-8-,16-14-,30-27-,56-52+. The number of aliphatic hydroxyl groups is 2. The number of unbranched alkanes of at least 4 members (excludes halogenated alkanes) is 40. The summed E-state index contributed by atoms with van der Waals surface area (Å²) in [4.78, 5) is 24.5. The fourth-order valence-electron chi connectivity index (χ4n) is 9.31. The molecule has 0 spiro atoms. The zero-order valence-electron chi connectivity index (χ0n) is 46.7. The largest absolute Gasteiger partial charge is 0.466 e. The molecule has 0 rings (SSSR count). The maximum absolute atomic E-state index is 12.5. The fourth-order valence-corrected chi connectivity index (χ4v) is 9.31. The molecule has 0 heterocycles. The third kappa shape index (κ3) is 55.1. The Kier molecular flexibility index (Phi) is 57.5. The van der Waals surface area contributed by atoms with Gasteiger partial charge in [-0.3, -0.25) is 9.59 Å². The predicted octanol–water partition coefficient (Wildman–Crippen LogP) is 19.4. The summed E-state index contributed by atoms with van der Waals surface area (Å²) in [7, 11) is 0. The maximum atomic E-state index is 12.5. The van der Waals surface area contributed by atoms with Gasteiger partial charge in [0.05, 0.1) is 25.4 Å². The van der Waals surface area contributed by atoms with Crippen LogP contribution in [0.2, 0.25) is 0 Å². The monoisotopic (exact) mass is 982 g/mol. The van der Waals surface area contributed by atoms with Crippen molar-refractivity contribution >= 4 is 11.9 Å². The van der Waals surface area contributed by atoms with Gasteiger partial charge in [-0.15, -0.1) is 0 Å². The second-order valence-electron chi connectivity index (χ2n) is 21.0. The van der Waals surface area contributed by atoms with E-state index in [1.807, 2.05) is 6.08 Å². The van der Waals surface area contributed by atoms with Gasteiger partial charge in [-0.25, -0.2) is 0 Å². The molecule has 0 aromatic heterocycles. The number of carbonyl (C=O) groups excluding carboxylic acids is 2. The van der Waals surface area contributed by atoms with Crippen molar-refractivity contribution < 1.29 is 24.5 Å². The highest BCUT2D eigenvalue weighted by molar-refractivity contribution is 5.76. The first-order valence-corrected chi connectivity index (χ1v) is 30.9. The normalized spacial score (nSPS) is 12.9. The molecule has 0 fully saturated rings. The van der Waals surface area contributed by atoms with Crippen molar-refractivity contribution in [3.8, 4) is 0 Å². The Balaban J connectivity index is 3.51. The van der Waals surface area contributed by atoms with Crippen LogP contribution in [-0.2, 0) is 14.3 Å². The SMILES string of the molecule is CCC/C=C\C/C=C\CCCCCCCC(=O)OCCCCCCCCC/C=C\CCCCCCCC(=O)NC(CO)C(O)/C=C/CCCCCCCCCCCCCCCCCCCCCCCC. The van der Waals surface area contributed by atoms with Crippen LogP contribution in [-0.4, -0.2) is 47.4 Å². The first-order valence-electron chi connectivity index (χ1n) is 30.9. The summed E-state index contributed by atoms with van der Waals surface area (Å²) < 4.78 is 5.45. The van der Waals surface area contributed by atoms with E-state index in [1.165, 1.54) is 218 Å². The highest BCUT2D eigenvalue weighted by atomic mass is 16.5. The molecule has 2 atom stereocenters. The predicted molar refractivity (Wildman–Crippen MR) is 306 cm³/mol. The summed E-state index contributed by atoms with van der Waals surface area (Å²) in [5.74, 6) is -0.103. The lowest BCUT2D eigenvalue weighted by atomic mass is 10.0. The van der Waals surface area contributed by atoms with Gasteiger partial charge in [0.2, 0.25) is 5.91 Å². The molecule has 0 aliphatic carbocycles. The summed E-state index contributed by atoms with van der Waals surface area (Å²) in [6, 6.07) is -0.643. The first-order chi connectivity index (χ1) is 34.5. The number of nitrogens with one attached hydrogen (secondary N) is 1. The zero-order chi connectivity index (χ0) is 50.7. The van der Waals surface area contributed by atoms with Crippen LogP contribution in [0.1, 0.15) is 322 Å². The van der Waals surface area contributed by atoms with Crippen LogP contribution in [0.5, 0.6) is 0 Å². The van der Waals surface area contributed by atoms with Gasteiger partial charge in [-0.2, -0.15) is 0 Å². The van der Waals surface area contributed by atoms with Crippen LogP contribution in [0.15, 0.2) is 48.6 Å². The van der Waals surface area contributed by atoms with Crippen LogP contribution >= 0.6 is 0 Å². The molecular formula is C64H119NO5. The molecule has 0 aromatic carbocycles. The average Bonchev–Trinajstić information content (AvgIpc) is 3.36. The topological polar surface area (TPSA) is 95.9 Å². The van der Waals surface area contributed by atoms with Gasteiger partial charge in [-0.1, -0.05) is 274 Å². The second-order valence-corrected chi connectivity index (χ2v) is 21.0. The van der Waals surface area contributed by atoms with Crippen molar-refractivity contribution in [3.05, 3.63) is 48.6 Å². The van der Waals surface area contributed by atoms with E-state index in [1.54, 1.807) is 6.08 Å². The van der Waals surface area contributed by atoms with Gasteiger partial charge in [0.15, 0.2) is 0 Å². The van der Waals surface area contributed by atoms with Crippen molar-refractivity contribution in [1.82, 2.24) is 5.32 Å². The number of ether oxygens (including phenoxy) is 1. The van der Waals surface area contributed by atoms with Gasteiger partial charge in [-0.05, 0) is 83.5 Å². The molecule has 410 valence electrons.